The number of thioether (sulfide) groups is 1. The van der Waals surface area contributed by atoms with Crippen LogP contribution in [0.4, 0.5) is 0 Å². The number of hydrogen-bond acceptors (Lipinski definition) is 3. The molecule has 0 aromatic heterocycles. The van der Waals surface area contributed by atoms with Gasteiger partial charge < -0.3 is 5.32 Å². The summed E-state index contributed by atoms with van der Waals surface area (Å²) in [5.74, 6) is 3.02. The van der Waals surface area contributed by atoms with Gasteiger partial charge in [0.25, 0.3) is 0 Å². The maximum absolute atomic E-state index is 11.9. The van der Waals surface area contributed by atoms with Crippen molar-refractivity contribution in [2.75, 3.05) is 18.1 Å². The van der Waals surface area contributed by atoms with Gasteiger partial charge in [0.05, 0.1) is 6.07 Å². The number of carbonyl (C=O) groups is 1. The summed E-state index contributed by atoms with van der Waals surface area (Å²) in [6.45, 7) is 0.767. The molecule has 2 fully saturated rings. The Morgan fingerprint density at radius 3 is 2.62 bits per heavy atom. The molecule has 3 nitrogen and oxygen atoms in total. The molecule has 0 bridgehead atoms. The molecular weight excluding hydrogens is 220 g/mol. The minimum atomic E-state index is -0.677. The summed E-state index contributed by atoms with van der Waals surface area (Å²) < 4.78 is 0. The minimum Gasteiger partial charge on any atom is -0.354 e. The summed E-state index contributed by atoms with van der Waals surface area (Å²) in [4.78, 5) is 11.9. The van der Waals surface area contributed by atoms with Gasteiger partial charge in [-0.2, -0.15) is 17.0 Å². The lowest BCUT2D eigenvalue weighted by molar-refractivity contribution is -0.131. The molecule has 1 saturated heterocycles. The van der Waals surface area contributed by atoms with Gasteiger partial charge in [0, 0.05) is 6.54 Å². The summed E-state index contributed by atoms with van der Waals surface area (Å²) in [7, 11) is 0. The standard InChI is InChI=1S/C12H18N2OS/c13-9-12(4-1-5-12)11(15)14-8-10-2-6-16-7-3-10/h10H,1-8H2,(H,14,15). The Labute approximate surface area is 101 Å². The first-order chi connectivity index (χ1) is 7.77. The van der Waals surface area contributed by atoms with Crippen LogP contribution in [-0.4, -0.2) is 24.0 Å². The Kier molecular flexibility index (Phi) is 3.75. The van der Waals surface area contributed by atoms with Gasteiger partial charge in [0.15, 0.2) is 0 Å². The first-order valence-corrected chi connectivity index (χ1v) is 7.20. The van der Waals surface area contributed by atoms with E-state index in [0.29, 0.717) is 5.92 Å². The molecule has 0 spiro atoms. The summed E-state index contributed by atoms with van der Waals surface area (Å²) in [6, 6.07) is 2.19. The Morgan fingerprint density at radius 2 is 2.12 bits per heavy atom. The molecule has 1 N–H and O–H groups in total. The molecule has 1 amide bonds. The molecule has 1 heterocycles. The van der Waals surface area contributed by atoms with Crippen LogP contribution in [0.25, 0.3) is 0 Å². The molecule has 0 atom stereocenters. The van der Waals surface area contributed by atoms with Crippen molar-refractivity contribution in [1.29, 1.82) is 5.26 Å². The van der Waals surface area contributed by atoms with E-state index in [1.54, 1.807) is 0 Å². The molecule has 1 aliphatic heterocycles. The van der Waals surface area contributed by atoms with Gasteiger partial charge in [0.1, 0.15) is 5.41 Å². The lowest BCUT2D eigenvalue weighted by atomic mass is 9.69. The zero-order chi connectivity index (χ0) is 11.4. The molecule has 0 aromatic carbocycles. The van der Waals surface area contributed by atoms with Crippen LogP contribution >= 0.6 is 11.8 Å². The van der Waals surface area contributed by atoms with Gasteiger partial charge in [-0.05, 0) is 49.5 Å². The fourth-order valence-electron chi connectivity index (χ4n) is 2.28. The van der Waals surface area contributed by atoms with E-state index in [2.05, 4.69) is 11.4 Å². The summed E-state index contributed by atoms with van der Waals surface area (Å²) in [5, 5.41) is 12.0. The van der Waals surface area contributed by atoms with Gasteiger partial charge in [-0.1, -0.05) is 0 Å². The van der Waals surface area contributed by atoms with Crippen molar-refractivity contribution < 1.29 is 4.79 Å². The molecule has 4 heteroatoms. The molecule has 88 valence electrons. The Hall–Kier alpha value is -0.690. The van der Waals surface area contributed by atoms with Crippen molar-refractivity contribution in [3.8, 4) is 6.07 Å². The smallest absolute Gasteiger partial charge is 0.240 e. The average Bonchev–Trinajstić information content (AvgIpc) is 2.27. The number of hydrogen-bond donors (Lipinski definition) is 1. The van der Waals surface area contributed by atoms with Crippen molar-refractivity contribution >= 4 is 17.7 Å². The lowest BCUT2D eigenvalue weighted by Gasteiger charge is -2.34. The molecule has 2 rings (SSSR count). The molecule has 1 aliphatic carbocycles. The van der Waals surface area contributed by atoms with Crippen LogP contribution < -0.4 is 5.32 Å². The maximum Gasteiger partial charge on any atom is 0.240 e. The normalized spacial score (nSPS) is 24.2. The van der Waals surface area contributed by atoms with Crippen molar-refractivity contribution in [3.05, 3.63) is 0 Å². The van der Waals surface area contributed by atoms with Crippen LogP contribution in [-0.2, 0) is 4.79 Å². The van der Waals surface area contributed by atoms with Gasteiger partial charge in [-0.15, -0.1) is 0 Å². The Bertz CT molecular complexity index is 301. The van der Waals surface area contributed by atoms with Crippen LogP contribution in [0.15, 0.2) is 0 Å². The van der Waals surface area contributed by atoms with E-state index in [4.69, 9.17) is 5.26 Å². The molecule has 2 aliphatic rings. The lowest BCUT2D eigenvalue weighted by Crippen LogP contribution is -2.46. The van der Waals surface area contributed by atoms with Crippen LogP contribution in [0.5, 0.6) is 0 Å². The minimum absolute atomic E-state index is 0.0283. The van der Waals surface area contributed by atoms with E-state index in [1.165, 1.54) is 24.3 Å². The third kappa shape index (κ3) is 2.35. The number of rotatable bonds is 3. The van der Waals surface area contributed by atoms with E-state index in [-0.39, 0.29) is 5.91 Å². The Morgan fingerprint density at radius 1 is 1.44 bits per heavy atom. The highest BCUT2D eigenvalue weighted by Crippen LogP contribution is 2.40. The van der Waals surface area contributed by atoms with Gasteiger partial charge in [-0.3, -0.25) is 4.79 Å². The van der Waals surface area contributed by atoms with Crippen molar-refractivity contribution in [2.45, 2.75) is 32.1 Å². The fraction of sp³-hybridized carbons (Fsp3) is 0.833. The molecule has 0 aromatic rings. The second-order valence-corrected chi connectivity index (χ2v) is 6.04. The summed E-state index contributed by atoms with van der Waals surface area (Å²) >= 11 is 1.99. The zero-order valence-corrected chi connectivity index (χ0v) is 10.3. The molecule has 1 saturated carbocycles. The van der Waals surface area contributed by atoms with Crippen LogP contribution in [0.3, 0.4) is 0 Å². The Balaban J connectivity index is 1.77. The van der Waals surface area contributed by atoms with Gasteiger partial charge in [0.2, 0.25) is 5.91 Å². The van der Waals surface area contributed by atoms with Crippen LogP contribution in [0, 0.1) is 22.7 Å². The third-order valence-corrected chi connectivity index (χ3v) is 4.80. The highest BCUT2D eigenvalue weighted by atomic mass is 32.2. The average molecular weight is 238 g/mol. The van der Waals surface area contributed by atoms with Crippen LogP contribution in [0.2, 0.25) is 0 Å². The first-order valence-electron chi connectivity index (χ1n) is 6.04. The topological polar surface area (TPSA) is 52.9 Å². The van der Waals surface area contributed by atoms with Crippen molar-refractivity contribution in [3.63, 3.8) is 0 Å². The van der Waals surface area contributed by atoms with E-state index >= 15 is 0 Å². The number of amides is 1. The number of nitrogens with one attached hydrogen (secondary N) is 1. The summed E-state index contributed by atoms with van der Waals surface area (Å²) in [5.41, 5.74) is -0.677. The molecular formula is C12H18N2OS. The van der Waals surface area contributed by atoms with E-state index in [9.17, 15) is 4.79 Å². The molecule has 0 unspecified atom stereocenters. The van der Waals surface area contributed by atoms with Crippen molar-refractivity contribution in [1.82, 2.24) is 5.32 Å². The van der Waals surface area contributed by atoms with Crippen molar-refractivity contribution in [2.24, 2.45) is 11.3 Å². The highest BCUT2D eigenvalue weighted by molar-refractivity contribution is 7.99. The second kappa shape index (κ2) is 5.09. The largest absolute Gasteiger partial charge is 0.354 e. The fourth-order valence-corrected chi connectivity index (χ4v) is 3.48. The predicted molar refractivity (Wildman–Crippen MR) is 65.0 cm³/mol. The van der Waals surface area contributed by atoms with Crippen LogP contribution in [0.1, 0.15) is 32.1 Å². The highest BCUT2D eigenvalue weighted by Gasteiger charge is 2.44. The third-order valence-electron chi connectivity index (χ3n) is 3.75. The van der Waals surface area contributed by atoms with E-state index < -0.39 is 5.41 Å². The number of carbonyl (C=O) groups excluding carboxylic acids is 1. The predicted octanol–water partition coefficient (Wildman–Crippen LogP) is 1.94. The number of nitrogens with zero attached hydrogens (tertiary/aromatic N) is 1. The zero-order valence-electron chi connectivity index (χ0n) is 9.50. The molecule has 0 radical (unpaired) electrons. The second-order valence-electron chi connectivity index (χ2n) is 4.81. The maximum atomic E-state index is 11.9. The van der Waals surface area contributed by atoms with Gasteiger partial charge >= 0.3 is 0 Å². The van der Waals surface area contributed by atoms with E-state index in [0.717, 1.165) is 25.8 Å². The monoisotopic (exact) mass is 238 g/mol. The van der Waals surface area contributed by atoms with E-state index in [1.807, 2.05) is 11.8 Å². The van der Waals surface area contributed by atoms with Gasteiger partial charge in [-0.25, -0.2) is 0 Å². The number of nitriles is 1. The summed E-state index contributed by atoms with van der Waals surface area (Å²) in [6.07, 6.45) is 4.90. The SMILES string of the molecule is N#CC1(C(=O)NCC2CCSCC2)CCC1. The quantitative estimate of drug-likeness (QED) is 0.817. The first kappa shape index (κ1) is 11.8. The molecule has 16 heavy (non-hydrogen) atoms.